The van der Waals surface area contributed by atoms with E-state index < -0.39 is 0 Å². The summed E-state index contributed by atoms with van der Waals surface area (Å²) in [5.74, 6) is 0.696. The minimum atomic E-state index is 0.696. The highest BCUT2D eigenvalue weighted by molar-refractivity contribution is 7.25. The van der Waals surface area contributed by atoms with E-state index in [1.165, 1.54) is 68.6 Å². The van der Waals surface area contributed by atoms with Gasteiger partial charge in [-0.15, -0.1) is 11.3 Å². The van der Waals surface area contributed by atoms with Crippen molar-refractivity contribution in [3.8, 4) is 0 Å². The van der Waals surface area contributed by atoms with E-state index in [1.807, 2.05) is 11.3 Å². The van der Waals surface area contributed by atoms with Crippen molar-refractivity contribution in [1.29, 1.82) is 0 Å². The Labute approximate surface area is 196 Å². The van der Waals surface area contributed by atoms with Gasteiger partial charge in [-0.3, -0.25) is 0 Å². The smallest absolute Gasteiger partial charge is 0.135 e. The van der Waals surface area contributed by atoms with E-state index in [9.17, 15) is 0 Å². The molecule has 0 atom stereocenters. The Hall–Kier alpha value is -3.30. The van der Waals surface area contributed by atoms with Crippen LogP contribution in [0.3, 0.4) is 0 Å². The summed E-state index contributed by atoms with van der Waals surface area (Å²) in [5, 5.41) is 8.70. The van der Waals surface area contributed by atoms with Gasteiger partial charge < -0.3 is 9.73 Å². The second-order valence-corrected chi connectivity index (χ2v) is 10.4. The van der Waals surface area contributed by atoms with E-state index in [0.29, 0.717) is 5.92 Å². The van der Waals surface area contributed by atoms with E-state index in [-0.39, 0.29) is 0 Å². The lowest BCUT2D eigenvalue weighted by Crippen LogP contribution is -2.03. The zero-order chi connectivity index (χ0) is 21.8. The second-order valence-electron chi connectivity index (χ2n) is 9.34. The summed E-state index contributed by atoms with van der Waals surface area (Å²) in [4.78, 5) is 0. The average Bonchev–Trinajstić information content (AvgIpc) is 3.42. The summed E-state index contributed by atoms with van der Waals surface area (Å²) in [6.45, 7) is 0. The van der Waals surface area contributed by atoms with Crippen molar-refractivity contribution >= 4 is 64.8 Å². The lowest BCUT2D eigenvalue weighted by molar-refractivity contribution is 0.444. The van der Waals surface area contributed by atoms with Gasteiger partial charge in [0.2, 0.25) is 0 Å². The second kappa shape index (κ2) is 7.64. The molecule has 1 N–H and O–H groups in total. The molecule has 2 aromatic heterocycles. The van der Waals surface area contributed by atoms with Crippen LogP contribution in [0.15, 0.2) is 83.3 Å². The third-order valence-electron chi connectivity index (χ3n) is 7.24. The van der Waals surface area contributed by atoms with Gasteiger partial charge in [-0.2, -0.15) is 0 Å². The Bertz CT molecular complexity index is 1630. The summed E-state index contributed by atoms with van der Waals surface area (Å²) in [6, 6.07) is 28.6. The first-order valence-electron chi connectivity index (χ1n) is 12.0. The topological polar surface area (TPSA) is 25.2 Å². The molecule has 2 heterocycles. The maximum absolute atomic E-state index is 6.17. The molecule has 0 spiro atoms. The average molecular weight is 448 g/mol. The zero-order valence-electron chi connectivity index (χ0n) is 18.4. The minimum absolute atomic E-state index is 0.696. The molecule has 4 aromatic carbocycles. The zero-order valence-corrected chi connectivity index (χ0v) is 19.3. The van der Waals surface area contributed by atoms with Gasteiger partial charge in [0.15, 0.2) is 0 Å². The van der Waals surface area contributed by atoms with Crippen LogP contribution >= 0.6 is 11.3 Å². The first kappa shape index (κ1) is 19.2. The highest BCUT2D eigenvalue weighted by atomic mass is 32.1. The van der Waals surface area contributed by atoms with Gasteiger partial charge in [0.05, 0.1) is 0 Å². The van der Waals surface area contributed by atoms with E-state index in [2.05, 4.69) is 84.2 Å². The molecular weight excluding hydrogens is 422 g/mol. The van der Waals surface area contributed by atoms with Crippen LogP contribution in [0.5, 0.6) is 0 Å². The number of anilines is 2. The third-order valence-corrected chi connectivity index (χ3v) is 8.39. The summed E-state index contributed by atoms with van der Waals surface area (Å²) in [6.07, 6.45) is 6.72. The maximum Gasteiger partial charge on any atom is 0.135 e. The van der Waals surface area contributed by atoms with E-state index in [4.69, 9.17) is 4.42 Å². The molecule has 1 saturated carbocycles. The van der Waals surface area contributed by atoms with E-state index >= 15 is 0 Å². The first-order chi connectivity index (χ1) is 16.3. The number of nitrogens with one attached hydrogen (secondary N) is 1. The molecule has 2 nitrogen and oxygen atoms in total. The summed E-state index contributed by atoms with van der Waals surface area (Å²) >= 11 is 1.85. The largest absolute Gasteiger partial charge is 0.456 e. The molecule has 162 valence electrons. The molecule has 1 aliphatic rings. The summed E-state index contributed by atoms with van der Waals surface area (Å²) < 4.78 is 8.83. The molecule has 6 aromatic rings. The quantitative estimate of drug-likeness (QED) is 0.292. The Kier molecular flexibility index (Phi) is 4.44. The van der Waals surface area contributed by atoms with Gasteiger partial charge in [0, 0.05) is 42.3 Å². The number of benzene rings is 4. The van der Waals surface area contributed by atoms with Crippen LogP contribution in [0.1, 0.15) is 43.6 Å². The molecule has 1 fully saturated rings. The molecule has 0 bridgehead atoms. The fourth-order valence-electron chi connectivity index (χ4n) is 5.53. The molecule has 0 amide bonds. The molecule has 0 radical (unpaired) electrons. The van der Waals surface area contributed by atoms with Crippen LogP contribution in [-0.2, 0) is 0 Å². The highest BCUT2D eigenvalue weighted by Gasteiger charge is 2.17. The SMILES string of the molecule is c1ccc2c(c1)sc1ccc(Nc3ccc4oc5ccc(C6CCCCC6)cc5c4c3)cc12. The van der Waals surface area contributed by atoms with Crippen LogP contribution in [0.4, 0.5) is 11.4 Å². The minimum Gasteiger partial charge on any atom is -0.456 e. The monoisotopic (exact) mass is 447 g/mol. The van der Waals surface area contributed by atoms with Gasteiger partial charge in [0.25, 0.3) is 0 Å². The van der Waals surface area contributed by atoms with E-state index in [0.717, 1.165) is 22.5 Å². The molecule has 3 heteroatoms. The molecule has 0 aliphatic heterocycles. The summed E-state index contributed by atoms with van der Waals surface area (Å²) in [5.41, 5.74) is 5.61. The summed E-state index contributed by atoms with van der Waals surface area (Å²) in [7, 11) is 0. The van der Waals surface area contributed by atoms with Crippen LogP contribution in [0.25, 0.3) is 42.1 Å². The highest BCUT2D eigenvalue weighted by Crippen LogP contribution is 2.39. The van der Waals surface area contributed by atoms with Gasteiger partial charge in [0.1, 0.15) is 11.2 Å². The molecular formula is C30H25NOS. The Morgan fingerprint density at radius 2 is 1.33 bits per heavy atom. The van der Waals surface area contributed by atoms with Crippen molar-refractivity contribution in [1.82, 2.24) is 0 Å². The number of furan rings is 1. The van der Waals surface area contributed by atoms with Crippen LogP contribution in [0.2, 0.25) is 0 Å². The lowest BCUT2D eigenvalue weighted by atomic mass is 9.84. The lowest BCUT2D eigenvalue weighted by Gasteiger charge is -2.21. The molecule has 1 aliphatic carbocycles. The van der Waals surface area contributed by atoms with Crippen LogP contribution in [0, 0.1) is 0 Å². The Morgan fingerprint density at radius 1 is 0.636 bits per heavy atom. The van der Waals surface area contributed by atoms with Crippen molar-refractivity contribution in [2.24, 2.45) is 0 Å². The number of hydrogen-bond donors (Lipinski definition) is 1. The van der Waals surface area contributed by atoms with Crippen molar-refractivity contribution in [2.45, 2.75) is 38.0 Å². The van der Waals surface area contributed by atoms with Crippen LogP contribution < -0.4 is 5.32 Å². The predicted molar refractivity (Wildman–Crippen MR) is 142 cm³/mol. The standard InChI is InChI=1S/C30H25NOS/c1-2-6-19(7-3-1)20-10-13-27-24(16-20)25-17-21(11-14-28(25)32-27)31-22-12-15-30-26(18-22)23-8-4-5-9-29(23)33-30/h4-5,8-19,31H,1-3,6-7H2. The van der Waals surface area contributed by atoms with Gasteiger partial charge in [-0.25, -0.2) is 0 Å². The van der Waals surface area contributed by atoms with E-state index in [1.54, 1.807) is 0 Å². The van der Waals surface area contributed by atoms with Crippen LogP contribution in [-0.4, -0.2) is 0 Å². The van der Waals surface area contributed by atoms with Crippen molar-refractivity contribution < 1.29 is 4.42 Å². The third kappa shape index (κ3) is 3.30. The normalized spacial score (nSPS) is 15.2. The Morgan fingerprint density at radius 3 is 2.21 bits per heavy atom. The first-order valence-corrected chi connectivity index (χ1v) is 12.8. The molecule has 0 unspecified atom stereocenters. The van der Waals surface area contributed by atoms with Gasteiger partial charge in [-0.1, -0.05) is 43.5 Å². The predicted octanol–water partition coefficient (Wildman–Crippen LogP) is 9.75. The van der Waals surface area contributed by atoms with Crippen molar-refractivity contribution in [2.75, 3.05) is 5.32 Å². The van der Waals surface area contributed by atoms with Crippen molar-refractivity contribution in [3.63, 3.8) is 0 Å². The fourth-order valence-corrected chi connectivity index (χ4v) is 6.62. The number of hydrogen-bond acceptors (Lipinski definition) is 3. The van der Waals surface area contributed by atoms with Gasteiger partial charge in [-0.05, 0) is 78.9 Å². The maximum atomic E-state index is 6.17. The fraction of sp³-hybridized carbons (Fsp3) is 0.200. The number of thiophene rings is 1. The Balaban J connectivity index is 1.27. The number of fused-ring (bicyclic) bond motifs is 6. The molecule has 33 heavy (non-hydrogen) atoms. The molecule has 7 rings (SSSR count). The van der Waals surface area contributed by atoms with Gasteiger partial charge >= 0.3 is 0 Å². The number of rotatable bonds is 3. The van der Waals surface area contributed by atoms with Crippen molar-refractivity contribution in [3.05, 3.63) is 84.4 Å². The molecule has 0 saturated heterocycles.